The lowest BCUT2D eigenvalue weighted by molar-refractivity contribution is 0.0441. The van der Waals surface area contributed by atoms with Gasteiger partial charge in [-0.2, -0.15) is 0 Å². The number of carbonyl (C=O) groups excluding carboxylic acids is 1. The summed E-state index contributed by atoms with van der Waals surface area (Å²) in [6, 6.07) is 3.89. The minimum Gasteiger partial charge on any atom is -0.496 e. The highest BCUT2D eigenvalue weighted by Gasteiger charge is 2.41. The van der Waals surface area contributed by atoms with Crippen LogP contribution < -0.4 is 14.8 Å². The molecule has 2 rings (SSSR count). The smallest absolute Gasteiger partial charge is 0.254 e. The normalized spacial score (nSPS) is 18.6. The van der Waals surface area contributed by atoms with Crippen molar-refractivity contribution in [2.75, 3.05) is 20.8 Å². The van der Waals surface area contributed by atoms with Crippen molar-refractivity contribution >= 4 is 5.91 Å². The molecule has 158 valence electrons. The SMILES string of the molecule is CCCCN(C(=O)c1cc(OC)c(C)c(OC)c1)C1CC(C)(C)NC(C)(C)C1. The number of hydrogen-bond donors (Lipinski definition) is 1. The zero-order chi connectivity index (χ0) is 21.1. The Morgan fingerprint density at radius 3 is 2.04 bits per heavy atom. The number of unbranched alkanes of at least 4 members (excludes halogenated alkanes) is 1. The molecule has 1 fully saturated rings. The molecular formula is C23H38N2O3. The van der Waals surface area contributed by atoms with Crippen LogP contribution in [-0.2, 0) is 0 Å². The van der Waals surface area contributed by atoms with E-state index in [1.807, 2.05) is 19.1 Å². The van der Waals surface area contributed by atoms with Crippen LogP contribution in [0.2, 0.25) is 0 Å². The van der Waals surface area contributed by atoms with Gasteiger partial charge < -0.3 is 19.7 Å². The molecule has 1 N–H and O–H groups in total. The van der Waals surface area contributed by atoms with Crippen molar-refractivity contribution in [1.82, 2.24) is 10.2 Å². The predicted molar refractivity (Wildman–Crippen MR) is 115 cm³/mol. The third kappa shape index (κ3) is 5.19. The minimum atomic E-state index is -0.0141. The molecular weight excluding hydrogens is 352 g/mol. The molecule has 0 bridgehead atoms. The van der Waals surface area contributed by atoms with E-state index in [1.54, 1.807) is 14.2 Å². The van der Waals surface area contributed by atoms with Crippen LogP contribution in [0.5, 0.6) is 11.5 Å². The Morgan fingerprint density at radius 1 is 1.11 bits per heavy atom. The highest BCUT2D eigenvalue weighted by Crippen LogP contribution is 2.34. The van der Waals surface area contributed by atoms with Crippen LogP contribution in [-0.4, -0.2) is 48.7 Å². The number of nitrogens with zero attached hydrogens (tertiary/aromatic N) is 1. The van der Waals surface area contributed by atoms with Crippen LogP contribution in [0.1, 0.15) is 76.2 Å². The van der Waals surface area contributed by atoms with E-state index in [0.717, 1.165) is 37.8 Å². The maximum absolute atomic E-state index is 13.6. The molecule has 28 heavy (non-hydrogen) atoms. The molecule has 1 heterocycles. The van der Waals surface area contributed by atoms with Crippen LogP contribution in [0.4, 0.5) is 0 Å². The van der Waals surface area contributed by atoms with Gasteiger partial charge in [0.2, 0.25) is 0 Å². The summed E-state index contributed by atoms with van der Waals surface area (Å²) in [7, 11) is 3.26. The summed E-state index contributed by atoms with van der Waals surface area (Å²) >= 11 is 0. The lowest BCUT2D eigenvalue weighted by Crippen LogP contribution is -2.62. The third-order valence-electron chi connectivity index (χ3n) is 5.62. The number of nitrogens with one attached hydrogen (secondary N) is 1. The fraction of sp³-hybridized carbons (Fsp3) is 0.696. The van der Waals surface area contributed by atoms with Crippen LogP contribution in [0, 0.1) is 6.92 Å². The Kier molecular flexibility index (Phi) is 7.02. The summed E-state index contributed by atoms with van der Waals surface area (Å²) in [4.78, 5) is 15.7. The molecule has 0 aromatic heterocycles. The topological polar surface area (TPSA) is 50.8 Å². The molecule has 1 aliphatic rings. The number of methoxy groups -OCH3 is 2. The summed E-state index contributed by atoms with van der Waals surface area (Å²) in [5.41, 5.74) is 1.51. The minimum absolute atomic E-state index is 0.0141. The zero-order valence-corrected chi connectivity index (χ0v) is 18.9. The highest BCUT2D eigenvalue weighted by atomic mass is 16.5. The number of amides is 1. The first-order valence-electron chi connectivity index (χ1n) is 10.4. The quantitative estimate of drug-likeness (QED) is 0.741. The lowest BCUT2D eigenvalue weighted by atomic mass is 9.78. The van der Waals surface area contributed by atoms with Gasteiger partial charge in [-0.1, -0.05) is 13.3 Å². The molecule has 5 heteroatoms. The second-order valence-electron chi connectivity index (χ2n) is 9.31. The summed E-state index contributed by atoms with van der Waals surface area (Å²) in [6.07, 6.45) is 3.93. The lowest BCUT2D eigenvalue weighted by Gasteiger charge is -2.49. The van der Waals surface area contributed by atoms with Crippen LogP contribution in [0.3, 0.4) is 0 Å². The van der Waals surface area contributed by atoms with Gasteiger partial charge in [0, 0.05) is 34.8 Å². The van der Waals surface area contributed by atoms with Crippen molar-refractivity contribution in [2.45, 2.75) is 84.3 Å². The molecule has 1 aromatic rings. The van der Waals surface area contributed by atoms with Gasteiger partial charge in [-0.05, 0) is 66.0 Å². The molecule has 0 unspecified atom stereocenters. The van der Waals surface area contributed by atoms with E-state index in [2.05, 4.69) is 44.8 Å². The van der Waals surface area contributed by atoms with E-state index >= 15 is 0 Å². The number of hydrogen-bond acceptors (Lipinski definition) is 4. The maximum atomic E-state index is 13.6. The second kappa shape index (κ2) is 8.73. The van der Waals surface area contributed by atoms with E-state index in [0.29, 0.717) is 17.1 Å². The van der Waals surface area contributed by atoms with Gasteiger partial charge in [0.25, 0.3) is 5.91 Å². The predicted octanol–water partition coefficient (Wildman–Crippen LogP) is 4.56. The van der Waals surface area contributed by atoms with Crippen LogP contribution >= 0.6 is 0 Å². The molecule has 0 saturated carbocycles. The van der Waals surface area contributed by atoms with Crippen LogP contribution in [0.25, 0.3) is 0 Å². The Labute approximate surface area is 170 Å². The molecule has 5 nitrogen and oxygen atoms in total. The summed E-state index contributed by atoms with van der Waals surface area (Å²) in [6.45, 7) is 13.8. The first kappa shape index (κ1) is 22.5. The van der Waals surface area contributed by atoms with Crippen molar-refractivity contribution in [3.05, 3.63) is 23.3 Å². The van der Waals surface area contributed by atoms with Gasteiger partial charge in [0.05, 0.1) is 14.2 Å². The molecule has 1 aliphatic heterocycles. The number of benzene rings is 1. The third-order valence-corrected chi connectivity index (χ3v) is 5.62. The number of piperidine rings is 1. The molecule has 0 spiro atoms. The van der Waals surface area contributed by atoms with E-state index in [-0.39, 0.29) is 23.0 Å². The molecule has 0 atom stereocenters. The Balaban J connectivity index is 2.41. The van der Waals surface area contributed by atoms with Gasteiger partial charge in [0.15, 0.2) is 0 Å². The molecule has 0 radical (unpaired) electrons. The first-order valence-corrected chi connectivity index (χ1v) is 10.4. The standard InChI is InChI=1S/C23H38N2O3/c1-9-10-11-25(18-14-22(3,4)24-23(5,6)15-18)21(26)17-12-19(27-7)16(2)20(13-17)28-8/h12-13,18,24H,9-11,14-15H2,1-8H3. The Morgan fingerprint density at radius 2 is 1.61 bits per heavy atom. The highest BCUT2D eigenvalue weighted by molar-refractivity contribution is 5.95. The molecule has 1 saturated heterocycles. The number of carbonyl (C=O) groups is 1. The first-order chi connectivity index (χ1) is 13.0. The molecule has 1 aromatic carbocycles. The van der Waals surface area contributed by atoms with E-state index in [4.69, 9.17) is 9.47 Å². The van der Waals surface area contributed by atoms with Gasteiger partial charge in [0.1, 0.15) is 11.5 Å². The van der Waals surface area contributed by atoms with Gasteiger partial charge in [-0.3, -0.25) is 4.79 Å². The summed E-state index contributed by atoms with van der Waals surface area (Å²) in [5, 5.41) is 3.72. The number of ether oxygens (including phenoxy) is 2. The van der Waals surface area contributed by atoms with E-state index < -0.39 is 0 Å². The van der Waals surface area contributed by atoms with Crippen molar-refractivity contribution in [3.8, 4) is 11.5 Å². The average molecular weight is 391 g/mol. The Hall–Kier alpha value is -1.75. The number of rotatable bonds is 7. The molecule has 0 aliphatic carbocycles. The van der Waals surface area contributed by atoms with E-state index in [1.165, 1.54) is 0 Å². The van der Waals surface area contributed by atoms with Crippen molar-refractivity contribution in [1.29, 1.82) is 0 Å². The molecule has 1 amide bonds. The Bertz CT molecular complexity index is 656. The van der Waals surface area contributed by atoms with Crippen molar-refractivity contribution in [3.63, 3.8) is 0 Å². The maximum Gasteiger partial charge on any atom is 0.254 e. The van der Waals surface area contributed by atoms with Gasteiger partial charge in [-0.15, -0.1) is 0 Å². The average Bonchev–Trinajstić information content (AvgIpc) is 2.59. The summed E-state index contributed by atoms with van der Waals surface area (Å²) < 4.78 is 11.0. The van der Waals surface area contributed by atoms with Gasteiger partial charge >= 0.3 is 0 Å². The van der Waals surface area contributed by atoms with Crippen molar-refractivity contribution in [2.24, 2.45) is 0 Å². The van der Waals surface area contributed by atoms with Gasteiger partial charge in [-0.25, -0.2) is 0 Å². The second-order valence-corrected chi connectivity index (χ2v) is 9.31. The van der Waals surface area contributed by atoms with E-state index in [9.17, 15) is 4.79 Å². The van der Waals surface area contributed by atoms with Crippen molar-refractivity contribution < 1.29 is 14.3 Å². The monoisotopic (exact) mass is 390 g/mol. The largest absolute Gasteiger partial charge is 0.496 e. The zero-order valence-electron chi connectivity index (χ0n) is 18.9. The fourth-order valence-electron chi connectivity index (χ4n) is 4.64. The summed E-state index contributed by atoms with van der Waals surface area (Å²) in [5.74, 6) is 1.43. The van der Waals surface area contributed by atoms with Crippen LogP contribution in [0.15, 0.2) is 12.1 Å². The fourth-order valence-corrected chi connectivity index (χ4v) is 4.64.